The summed E-state index contributed by atoms with van der Waals surface area (Å²) < 4.78 is 1.71. The number of carbonyl (C=O) groups is 1. The van der Waals surface area contributed by atoms with Crippen LogP contribution in [0, 0.1) is 0 Å². The van der Waals surface area contributed by atoms with E-state index in [4.69, 9.17) is 0 Å². The van der Waals surface area contributed by atoms with Crippen molar-refractivity contribution < 1.29 is 9.90 Å². The Bertz CT molecular complexity index is 950. The molecule has 2 aromatic carbocycles. The van der Waals surface area contributed by atoms with Crippen molar-refractivity contribution in [2.45, 2.75) is 18.6 Å². The lowest BCUT2D eigenvalue weighted by Gasteiger charge is -2.18. The summed E-state index contributed by atoms with van der Waals surface area (Å²) in [7, 11) is 1.85. The van der Waals surface area contributed by atoms with E-state index in [0.717, 1.165) is 22.5 Å². The second-order valence-electron chi connectivity index (χ2n) is 6.53. The Hall–Kier alpha value is -3.12. The van der Waals surface area contributed by atoms with Gasteiger partial charge in [-0.3, -0.25) is 9.48 Å². The highest BCUT2D eigenvalue weighted by atomic mass is 16.3. The van der Waals surface area contributed by atoms with E-state index in [9.17, 15) is 9.90 Å². The van der Waals surface area contributed by atoms with Gasteiger partial charge in [0.2, 0.25) is 0 Å². The summed E-state index contributed by atoms with van der Waals surface area (Å²) in [4.78, 5) is 12.7. The molecule has 1 heterocycles. The molecular formula is C20H20N4O2. The van der Waals surface area contributed by atoms with Crippen LogP contribution in [0.25, 0.3) is 0 Å². The van der Waals surface area contributed by atoms with Gasteiger partial charge in [-0.1, -0.05) is 30.3 Å². The summed E-state index contributed by atoms with van der Waals surface area (Å²) >= 11 is 0. The van der Waals surface area contributed by atoms with E-state index in [0.29, 0.717) is 12.0 Å². The largest absolute Gasteiger partial charge is 0.390 e. The minimum absolute atomic E-state index is 0.208. The second kappa shape index (κ2) is 6.65. The monoisotopic (exact) mass is 348 g/mol. The van der Waals surface area contributed by atoms with Crippen LogP contribution in [0.3, 0.4) is 0 Å². The number of hydrogen-bond acceptors (Lipinski definition) is 4. The number of rotatable bonds is 4. The lowest BCUT2D eigenvalue weighted by Crippen LogP contribution is -2.33. The van der Waals surface area contributed by atoms with Gasteiger partial charge in [0.05, 0.1) is 24.0 Å². The SMILES string of the molecule is Cn1cc(Nc2cccc(C(=O)NC3c4ccccc4CC3O)c2)cn1. The van der Waals surface area contributed by atoms with Crippen LogP contribution in [-0.4, -0.2) is 26.9 Å². The molecular weight excluding hydrogens is 328 g/mol. The average Bonchev–Trinajstić information content (AvgIpc) is 3.18. The predicted molar refractivity (Wildman–Crippen MR) is 99.3 cm³/mol. The number of nitrogens with one attached hydrogen (secondary N) is 2. The zero-order valence-electron chi connectivity index (χ0n) is 14.4. The third-order valence-electron chi connectivity index (χ3n) is 4.61. The normalized spacial score (nSPS) is 18.4. The fourth-order valence-electron chi connectivity index (χ4n) is 3.36. The molecule has 1 amide bonds. The molecule has 26 heavy (non-hydrogen) atoms. The van der Waals surface area contributed by atoms with Crippen LogP contribution in [0.1, 0.15) is 27.5 Å². The minimum atomic E-state index is -0.604. The van der Waals surface area contributed by atoms with Gasteiger partial charge in [0.25, 0.3) is 5.91 Å². The zero-order valence-corrected chi connectivity index (χ0v) is 14.4. The van der Waals surface area contributed by atoms with Crippen molar-refractivity contribution in [1.82, 2.24) is 15.1 Å². The highest BCUT2D eigenvalue weighted by Gasteiger charge is 2.32. The Morgan fingerprint density at radius 1 is 1.19 bits per heavy atom. The third-order valence-corrected chi connectivity index (χ3v) is 4.61. The van der Waals surface area contributed by atoms with E-state index in [1.807, 2.05) is 49.6 Å². The van der Waals surface area contributed by atoms with Gasteiger partial charge in [-0.15, -0.1) is 0 Å². The Morgan fingerprint density at radius 2 is 2.04 bits per heavy atom. The molecule has 0 saturated carbocycles. The van der Waals surface area contributed by atoms with Crippen molar-refractivity contribution in [2.24, 2.45) is 7.05 Å². The number of carbonyl (C=O) groups excluding carboxylic acids is 1. The lowest BCUT2D eigenvalue weighted by atomic mass is 10.1. The fourth-order valence-corrected chi connectivity index (χ4v) is 3.36. The summed E-state index contributed by atoms with van der Waals surface area (Å²) in [6.07, 6.45) is 3.54. The van der Waals surface area contributed by atoms with Crippen LogP contribution < -0.4 is 10.6 Å². The standard InChI is InChI=1S/C20H20N4O2/c1-24-12-16(11-21-24)22-15-7-4-6-14(9-15)20(26)23-19-17-8-3-2-5-13(17)10-18(19)25/h2-9,11-12,18-19,22,25H,10H2,1H3,(H,23,26). The first-order valence-electron chi connectivity index (χ1n) is 8.52. The number of hydrogen-bond donors (Lipinski definition) is 3. The third kappa shape index (κ3) is 3.19. The molecule has 0 bridgehead atoms. The van der Waals surface area contributed by atoms with Gasteiger partial charge >= 0.3 is 0 Å². The number of aliphatic hydroxyl groups is 1. The van der Waals surface area contributed by atoms with Gasteiger partial charge in [-0.05, 0) is 29.3 Å². The molecule has 0 fully saturated rings. The molecule has 0 aliphatic heterocycles. The number of fused-ring (bicyclic) bond motifs is 1. The summed E-state index contributed by atoms with van der Waals surface area (Å²) in [6.45, 7) is 0. The van der Waals surface area contributed by atoms with Crippen molar-refractivity contribution >= 4 is 17.3 Å². The van der Waals surface area contributed by atoms with E-state index in [2.05, 4.69) is 15.7 Å². The highest BCUT2D eigenvalue weighted by molar-refractivity contribution is 5.95. The Labute approximate surface area is 151 Å². The maximum Gasteiger partial charge on any atom is 0.251 e. The van der Waals surface area contributed by atoms with E-state index in [-0.39, 0.29) is 11.9 Å². The van der Waals surface area contributed by atoms with Crippen LogP contribution in [0.5, 0.6) is 0 Å². The molecule has 6 nitrogen and oxygen atoms in total. The summed E-state index contributed by atoms with van der Waals surface area (Å²) in [5.74, 6) is -0.208. The number of benzene rings is 2. The topological polar surface area (TPSA) is 79.2 Å². The number of aryl methyl sites for hydroxylation is 1. The number of anilines is 2. The Morgan fingerprint density at radius 3 is 2.85 bits per heavy atom. The molecule has 3 N–H and O–H groups in total. The highest BCUT2D eigenvalue weighted by Crippen LogP contribution is 2.31. The second-order valence-corrected chi connectivity index (χ2v) is 6.53. The fraction of sp³-hybridized carbons (Fsp3) is 0.200. The van der Waals surface area contributed by atoms with Crippen LogP contribution >= 0.6 is 0 Å². The smallest absolute Gasteiger partial charge is 0.251 e. The Balaban J connectivity index is 1.51. The number of aromatic nitrogens is 2. The van der Waals surface area contributed by atoms with Crippen LogP contribution in [0.15, 0.2) is 60.9 Å². The minimum Gasteiger partial charge on any atom is -0.390 e. The zero-order chi connectivity index (χ0) is 18.1. The van der Waals surface area contributed by atoms with Gasteiger partial charge in [-0.2, -0.15) is 5.10 Å². The van der Waals surface area contributed by atoms with Gasteiger partial charge in [0, 0.05) is 30.9 Å². The molecule has 1 aromatic heterocycles. The first-order chi connectivity index (χ1) is 12.6. The molecule has 2 unspecified atom stereocenters. The summed E-state index contributed by atoms with van der Waals surface area (Å²) in [5, 5.41) is 20.6. The van der Waals surface area contributed by atoms with Gasteiger partial charge in [0.15, 0.2) is 0 Å². The molecule has 2 atom stereocenters. The van der Waals surface area contributed by atoms with E-state index >= 15 is 0 Å². The molecule has 1 aliphatic rings. The van der Waals surface area contributed by atoms with Gasteiger partial charge in [-0.25, -0.2) is 0 Å². The molecule has 4 rings (SSSR count). The van der Waals surface area contributed by atoms with Gasteiger partial charge in [0.1, 0.15) is 0 Å². The van der Waals surface area contributed by atoms with Crippen LogP contribution in [-0.2, 0) is 13.5 Å². The molecule has 6 heteroatoms. The quantitative estimate of drug-likeness (QED) is 0.677. The average molecular weight is 348 g/mol. The van der Waals surface area contributed by atoms with Crippen molar-refractivity contribution in [3.8, 4) is 0 Å². The lowest BCUT2D eigenvalue weighted by molar-refractivity contribution is 0.0858. The number of aliphatic hydroxyl groups excluding tert-OH is 1. The Kier molecular flexibility index (Phi) is 4.18. The van der Waals surface area contributed by atoms with E-state index in [1.165, 1.54) is 0 Å². The number of nitrogens with zero attached hydrogens (tertiary/aromatic N) is 2. The summed E-state index contributed by atoms with van der Waals surface area (Å²) in [6, 6.07) is 14.7. The first-order valence-corrected chi connectivity index (χ1v) is 8.52. The van der Waals surface area contributed by atoms with Crippen LogP contribution in [0.2, 0.25) is 0 Å². The van der Waals surface area contributed by atoms with Crippen molar-refractivity contribution in [3.63, 3.8) is 0 Å². The summed E-state index contributed by atoms with van der Waals surface area (Å²) in [5.41, 5.74) is 4.26. The van der Waals surface area contributed by atoms with E-state index in [1.54, 1.807) is 23.0 Å². The maximum absolute atomic E-state index is 12.7. The molecule has 0 saturated heterocycles. The molecule has 1 aliphatic carbocycles. The first kappa shape index (κ1) is 16.4. The molecule has 3 aromatic rings. The molecule has 0 radical (unpaired) electrons. The van der Waals surface area contributed by atoms with Crippen molar-refractivity contribution in [3.05, 3.63) is 77.6 Å². The van der Waals surface area contributed by atoms with Crippen molar-refractivity contribution in [1.29, 1.82) is 0 Å². The molecule has 132 valence electrons. The molecule has 0 spiro atoms. The predicted octanol–water partition coefficient (Wildman–Crippen LogP) is 2.55. The van der Waals surface area contributed by atoms with E-state index < -0.39 is 6.10 Å². The van der Waals surface area contributed by atoms with Gasteiger partial charge < -0.3 is 15.7 Å². The van der Waals surface area contributed by atoms with Crippen LogP contribution in [0.4, 0.5) is 11.4 Å². The maximum atomic E-state index is 12.7. The number of amides is 1. The van der Waals surface area contributed by atoms with Crippen molar-refractivity contribution in [2.75, 3.05) is 5.32 Å².